The van der Waals surface area contributed by atoms with Crippen molar-refractivity contribution in [2.45, 2.75) is 44.8 Å². The van der Waals surface area contributed by atoms with Crippen molar-refractivity contribution in [1.29, 1.82) is 0 Å². The van der Waals surface area contributed by atoms with Crippen molar-refractivity contribution in [2.24, 2.45) is 11.7 Å². The summed E-state index contributed by atoms with van der Waals surface area (Å²) in [6.45, 7) is 3.12. The van der Waals surface area contributed by atoms with E-state index in [1.165, 1.54) is 19.2 Å². The van der Waals surface area contributed by atoms with E-state index in [1.807, 2.05) is 13.8 Å². The highest BCUT2D eigenvalue weighted by atomic mass is 16.5. The Bertz CT molecular complexity index is 662. The van der Waals surface area contributed by atoms with Crippen LogP contribution in [0.1, 0.15) is 25.8 Å². The Morgan fingerprint density at radius 1 is 1.07 bits per heavy atom. The van der Waals surface area contributed by atoms with E-state index in [0.29, 0.717) is 6.42 Å². The zero-order valence-corrected chi connectivity index (χ0v) is 16.3. The van der Waals surface area contributed by atoms with Gasteiger partial charge in [-0.1, -0.05) is 26.0 Å². The summed E-state index contributed by atoms with van der Waals surface area (Å²) in [5.41, 5.74) is 6.60. The minimum Gasteiger partial charge on any atom is -0.508 e. The van der Waals surface area contributed by atoms with E-state index >= 15 is 0 Å². The number of hydrogen-bond acceptors (Lipinski definition) is 7. The number of rotatable bonds is 10. The number of phenolic OH excluding ortho intramolecular Hbond substituents is 1. The summed E-state index contributed by atoms with van der Waals surface area (Å²) in [4.78, 5) is 36.5. The van der Waals surface area contributed by atoms with Gasteiger partial charge in [0.1, 0.15) is 17.8 Å². The molecule has 2 amide bonds. The highest BCUT2D eigenvalue weighted by Crippen LogP contribution is 2.11. The third-order valence-corrected chi connectivity index (χ3v) is 4.05. The van der Waals surface area contributed by atoms with E-state index in [9.17, 15) is 24.6 Å². The van der Waals surface area contributed by atoms with E-state index in [4.69, 9.17) is 5.73 Å². The lowest BCUT2D eigenvalue weighted by Gasteiger charge is -2.23. The van der Waals surface area contributed by atoms with Gasteiger partial charge in [0.15, 0.2) is 0 Å². The van der Waals surface area contributed by atoms with Gasteiger partial charge in [-0.05, 0) is 36.5 Å². The monoisotopic (exact) mass is 395 g/mol. The lowest BCUT2D eigenvalue weighted by molar-refractivity contribution is -0.146. The molecule has 0 spiro atoms. The van der Waals surface area contributed by atoms with Crippen LogP contribution >= 0.6 is 0 Å². The van der Waals surface area contributed by atoms with E-state index in [0.717, 1.165) is 5.56 Å². The largest absolute Gasteiger partial charge is 0.508 e. The number of benzene rings is 1. The topological polar surface area (TPSA) is 151 Å². The summed E-state index contributed by atoms with van der Waals surface area (Å²) in [6.07, 6.45) is 0.537. The van der Waals surface area contributed by atoms with Crippen LogP contribution in [0, 0.1) is 5.92 Å². The summed E-state index contributed by atoms with van der Waals surface area (Å²) < 4.78 is 4.68. The van der Waals surface area contributed by atoms with E-state index in [-0.39, 0.29) is 18.1 Å². The smallest absolute Gasteiger partial charge is 0.328 e. The maximum atomic E-state index is 12.4. The molecular formula is C19H29N3O6. The molecule has 0 fully saturated rings. The predicted molar refractivity (Wildman–Crippen MR) is 102 cm³/mol. The number of nitrogens with one attached hydrogen (secondary N) is 2. The average Bonchev–Trinajstić information content (AvgIpc) is 2.65. The number of aliphatic hydroxyl groups is 1. The van der Waals surface area contributed by atoms with Crippen LogP contribution in [0.5, 0.6) is 5.75 Å². The molecule has 0 unspecified atom stereocenters. The number of esters is 1. The lowest BCUT2D eigenvalue weighted by Crippen LogP contribution is -2.56. The molecule has 0 radical (unpaired) electrons. The van der Waals surface area contributed by atoms with E-state index in [2.05, 4.69) is 15.4 Å². The number of phenols is 1. The Balaban J connectivity index is 2.69. The first-order valence-electron chi connectivity index (χ1n) is 9.00. The molecule has 1 aromatic rings. The van der Waals surface area contributed by atoms with Gasteiger partial charge in [0.05, 0.1) is 19.8 Å². The Kier molecular flexibility index (Phi) is 9.40. The normalized spacial score (nSPS) is 14.1. The SMILES string of the molecule is COC(=O)[C@H](CC(C)C)NC(=O)[C@H](CO)NC(=O)[C@@H](N)Cc1ccc(O)cc1. The van der Waals surface area contributed by atoms with Crippen LogP contribution in [0.15, 0.2) is 24.3 Å². The molecular weight excluding hydrogens is 366 g/mol. The molecule has 0 heterocycles. The summed E-state index contributed by atoms with van der Waals surface area (Å²) in [6, 6.07) is 3.12. The second-order valence-corrected chi connectivity index (χ2v) is 6.93. The van der Waals surface area contributed by atoms with Gasteiger partial charge in [-0.3, -0.25) is 9.59 Å². The third kappa shape index (κ3) is 7.53. The summed E-state index contributed by atoms with van der Waals surface area (Å²) >= 11 is 0. The highest BCUT2D eigenvalue weighted by Gasteiger charge is 2.28. The van der Waals surface area contributed by atoms with Gasteiger partial charge in [-0.15, -0.1) is 0 Å². The lowest BCUT2D eigenvalue weighted by atomic mass is 10.0. The van der Waals surface area contributed by atoms with Gasteiger partial charge in [0.25, 0.3) is 0 Å². The van der Waals surface area contributed by atoms with Crippen LogP contribution in [0.2, 0.25) is 0 Å². The number of ether oxygens (including phenoxy) is 1. The number of hydrogen-bond donors (Lipinski definition) is 5. The summed E-state index contributed by atoms with van der Waals surface area (Å²) in [7, 11) is 1.22. The number of amides is 2. The fourth-order valence-corrected chi connectivity index (χ4v) is 2.55. The van der Waals surface area contributed by atoms with Gasteiger partial charge >= 0.3 is 5.97 Å². The number of methoxy groups -OCH3 is 1. The van der Waals surface area contributed by atoms with Gasteiger partial charge < -0.3 is 31.3 Å². The molecule has 0 aliphatic rings. The van der Waals surface area contributed by atoms with Crippen LogP contribution in [-0.4, -0.2) is 59.8 Å². The zero-order chi connectivity index (χ0) is 21.3. The van der Waals surface area contributed by atoms with Crippen molar-refractivity contribution < 1.29 is 29.3 Å². The number of aromatic hydroxyl groups is 1. The van der Waals surface area contributed by atoms with Gasteiger partial charge in [0, 0.05) is 0 Å². The van der Waals surface area contributed by atoms with Gasteiger partial charge in [-0.25, -0.2) is 4.79 Å². The number of carbonyl (C=O) groups excluding carboxylic acids is 3. The minimum atomic E-state index is -1.25. The van der Waals surface area contributed by atoms with Crippen LogP contribution in [0.3, 0.4) is 0 Å². The number of carbonyl (C=O) groups is 3. The fraction of sp³-hybridized carbons (Fsp3) is 0.526. The molecule has 0 aliphatic carbocycles. The average molecular weight is 395 g/mol. The minimum absolute atomic E-state index is 0.0975. The fourth-order valence-electron chi connectivity index (χ4n) is 2.55. The zero-order valence-electron chi connectivity index (χ0n) is 16.3. The van der Waals surface area contributed by atoms with Gasteiger partial charge in [0.2, 0.25) is 11.8 Å². The highest BCUT2D eigenvalue weighted by molar-refractivity contribution is 5.92. The molecule has 156 valence electrons. The van der Waals surface area contributed by atoms with Crippen LogP contribution in [0.4, 0.5) is 0 Å². The molecule has 9 heteroatoms. The van der Waals surface area contributed by atoms with Crippen molar-refractivity contribution in [3.8, 4) is 5.75 Å². The molecule has 0 saturated carbocycles. The van der Waals surface area contributed by atoms with Crippen molar-refractivity contribution in [3.63, 3.8) is 0 Å². The molecule has 9 nitrogen and oxygen atoms in total. The van der Waals surface area contributed by atoms with Crippen molar-refractivity contribution in [1.82, 2.24) is 10.6 Å². The predicted octanol–water partition coefficient (Wildman–Crippen LogP) is -0.557. The Morgan fingerprint density at radius 2 is 1.64 bits per heavy atom. The van der Waals surface area contributed by atoms with E-state index < -0.39 is 42.5 Å². The Morgan fingerprint density at radius 3 is 2.14 bits per heavy atom. The molecule has 3 atom stereocenters. The molecule has 1 rings (SSSR count). The van der Waals surface area contributed by atoms with Crippen molar-refractivity contribution >= 4 is 17.8 Å². The quantitative estimate of drug-likeness (QED) is 0.333. The standard InChI is InChI=1S/C19H29N3O6/c1-11(2)8-15(19(27)28-3)21-18(26)16(10-23)22-17(25)14(20)9-12-4-6-13(24)7-5-12/h4-7,11,14-16,23-24H,8-10,20H2,1-3H3,(H,21,26)(H,22,25)/t14-,15-,16-/m0/s1. The Hall–Kier alpha value is -2.65. The van der Waals surface area contributed by atoms with Crippen LogP contribution < -0.4 is 16.4 Å². The van der Waals surface area contributed by atoms with Crippen molar-refractivity contribution in [3.05, 3.63) is 29.8 Å². The second kappa shape index (κ2) is 11.3. The first-order valence-corrected chi connectivity index (χ1v) is 9.00. The van der Waals surface area contributed by atoms with Crippen molar-refractivity contribution in [2.75, 3.05) is 13.7 Å². The first-order chi connectivity index (χ1) is 13.2. The number of nitrogens with two attached hydrogens (primary N) is 1. The van der Waals surface area contributed by atoms with Gasteiger partial charge in [-0.2, -0.15) is 0 Å². The maximum Gasteiger partial charge on any atom is 0.328 e. The molecule has 28 heavy (non-hydrogen) atoms. The molecule has 0 bridgehead atoms. The molecule has 0 saturated heterocycles. The summed E-state index contributed by atoms with van der Waals surface area (Å²) in [5, 5.41) is 23.6. The molecule has 0 aromatic heterocycles. The van der Waals surface area contributed by atoms with Crippen LogP contribution in [-0.2, 0) is 25.5 Å². The molecule has 0 aliphatic heterocycles. The maximum absolute atomic E-state index is 12.4. The summed E-state index contributed by atoms with van der Waals surface area (Å²) in [5.74, 6) is -1.72. The van der Waals surface area contributed by atoms with E-state index in [1.54, 1.807) is 12.1 Å². The Labute approximate surface area is 164 Å². The van der Waals surface area contributed by atoms with Crippen LogP contribution in [0.25, 0.3) is 0 Å². The molecule has 1 aromatic carbocycles. The molecule has 6 N–H and O–H groups in total. The second-order valence-electron chi connectivity index (χ2n) is 6.93. The third-order valence-electron chi connectivity index (χ3n) is 4.05. The number of aliphatic hydroxyl groups excluding tert-OH is 1. The first kappa shape index (κ1) is 23.4.